The smallest absolute Gasteiger partial charge is 0.0550 e. The number of aliphatic hydroxyl groups is 2. The summed E-state index contributed by atoms with van der Waals surface area (Å²) >= 11 is 1.69. The van der Waals surface area contributed by atoms with E-state index in [2.05, 4.69) is 13.8 Å². The number of rotatable bonds is 6. The molecule has 0 aliphatic carbocycles. The van der Waals surface area contributed by atoms with E-state index in [1.807, 2.05) is 0 Å². The quantitative estimate of drug-likeness (QED) is 0.643. The van der Waals surface area contributed by atoms with Gasteiger partial charge >= 0.3 is 0 Å². The molecule has 2 atom stereocenters. The minimum Gasteiger partial charge on any atom is -0.395 e. The summed E-state index contributed by atoms with van der Waals surface area (Å²) in [4.78, 5) is 0. The predicted octanol–water partition coefficient (Wildman–Crippen LogP) is 1.26. The summed E-state index contributed by atoms with van der Waals surface area (Å²) in [6, 6.07) is 0. The third kappa shape index (κ3) is 4.67. The summed E-state index contributed by atoms with van der Waals surface area (Å²) in [7, 11) is 0. The van der Waals surface area contributed by atoms with Gasteiger partial charge in [0.25, 0.3) is 0 Å². The fourth-order valence-corrected chi connectivity index (χ4v) is 1.91. The van der Waals surface area contributed by atoms with Crippen molar-refractivity contribution in [3.05, 3.63) is 0 Å². The zero-order valence-corrected chi connectivity index (χ0v) is 8.10. The van der Waals surface area contributed by atoms with Crippen molar-refractivity contribution >= 4 is 11.8 Å². The van der Waals surface area contributed by atoms with Crippen molar-refractivity contribution in [1.29, 1.82) is 0 Å². The normalized spacial score (nSPS) is 16.4. The first-order valence-corrected chi connectivity index (χ1v) is 5.09. The lowest BCUT2D eigenvalue weighted by Gasteiger charge is -2.17. The molecule has 0 rings (SSSR count). The maximum Gasteiger partial charge on any atom is 0.0550 e. The number of thioether (sulfide) groups is 1. The highest BCUT2D eigenvalue weighted by atomic mass is 32.2. The van der Waals surface area contributed by atoms with Crippen LogP contribution in [0.1, 0.15) is 26.7 Å². The molecular formula is C8H18O2S. The van der Waals surface area contributed by atoms with Crippen LogP contribution in [0, 0.1) is 0 Å². The van der Waals surface area contributed by atoms with Crippen LogP contribution >= 0.6 is 11.8 Å². The van der Waals surface area contributed by atoms with Crippen LogP contribution in [0.25, 0.3) is 0 Å². The highest BCUT2D eigenvalue weighted by Gasteiger charge is 2.11. The van der Waals surface area contributed by atoms with Gasteiger partial charge in [0.2, 0.25) is 0 Å². The fourth-order valence-electron chi connectivity index (χ4n) is 0.809. The summed E-state index contributed by atoms with van der Waals surface area (Å²) in [5, 5.41) is 18.3. The second-order valence-corrected chi connectivity index (χ2v) is 4.17. The Labute approximate surface area is 73.0 Å². The van der Waals surface area contributed by atoms with Gasteiger partial charge in [0.1, 0.15) is 0 Å². The molecule has 0 aromatic heterocycles. The summed E-state index contributed by atoms with van der Waals surface area (Å²) in [6.07, 6.45) is 1.94. The lowest BCUT2D eigenvalue weighted by molar-refractivity contribution is 0.284. The molecule has 0 saturated carbocycles. The molecule has 0 saturated heterocycles. The van der Waals surface area contributed by atoms with Crippen molar-refractivity contribution < 1.29 is 10.2 Å². The van der Waals surface area contributed by atoms with E-state index >= 15 is 0 Å². The van der Waals surface area contributed by atoms with E-state index in [1.165, 1.54) is 0 Å². The van der Waals surface area contributed by atoms with Crippen molar-refractivity contribution in [1.82, 2.24) is 0 Å². The average molecular weight is 178 g/mol. The van der Waals surface area contributed by atoms with E-state index in [-0.39, 0.29) is 13.2 Å². The molecule has 0 aromatic rings. The minimum absolute atomic E-state index is 0.220. The summed E-state index contributed by atoms with van der Waals surface area (Å²) < 4.78 is 0. The van der Waals surface area contributed by atoms with Gasteiger partial charge in [-0.05, 0) is 12.8 Å². The second kappa shape index (κ2) is 6.95. The first-order chi connectivity index (χ1) is 5.28. The highest BCUT2D eigenvalue weighted by Crippen LogP contribution is 2.21. The molecule has 2 unspecified atom stereocenters. The van der Waals surface area contributed by atoms with E-state index in [4.69, 9.17) is 10.2 Å². The standard InChI is InChI=1S/C8H18O2S/c1-3-7(5-9)11-8(4-2)6-10/h7-10H,3-6H2,1-2H3. The van der Waals surface area contributed by atoms with Crippen LogP contribution in [0.15, 0.2) is 0 Å². The van der Waals surface area contributed by atoms with Crippen molar-refractivity contribution in [2.75, 3.05) is 13.2 Å². The monoisotopic (exact) mass is 178 g/mol. The van der Waals surface area contributed by atoms with E-state index in [1.54, 1.807) is 11.8 Å². The zero-order valence-electron chi connectivity index (χ0n) is 7.29. The zero-order chi connectivity index (χ0) is 8.69. The van der Waals surface area contributed by atoms with E-state index in [0.29, 0.717) is 10.5 Å². The molecule has 0 bridgehead atoms. The maximum atomic E-state index is 8.86. The summed E-state index contributed by atoms with van der Waals surface area (Å²) in [5.41, 5.74) is 0. The van der Waals surface area contributed by atoms with Crippen molar-refractivity contribution in [3.63, 3.8) is 0 Å². The van der Waals surface area contributed by atoms with Crippen molar-refractivity contribution in [2.45, 2.75) is 37.2 Å². The van der Waals surface area contributed by atoms with Crippen LogP contribution in [0.2, 0.25) is 0 Å². The van der Waals surface area contributed by atoms with Gasteiger partial charge in [0.05, 0.1) is 13.2 Å². The molecule has 0 aliphatic heterocycles. The minimum atomic E-state index is 0.220. The Morgan fingerprint density at radius 2 is 1.36 bits per heavy atom. The van der Waals surface area contributed by atoms with Gasteiger partial charge in [-0.3, -0.25) is 0 Å². The number of aliphatic hydroxyl groups excluding tert-OH is 2. The van der Waals surface area contributed by atoms with Gasteiger partial charge in [-0.2, -0.15) is 11.8 Å². The average Bonchev–Trinajstić information content (AvgIpc) is 2.07. The molecule has 11 heavy (non-hydrogen) atoms. The van der Waals surface area contributed by atoms with Crippen LogP contribution < -0.4 is 0 Å². The molecule has 0 radical (unpaired) electrons. The molecule has 0 aromatic carbocycles. The van der Waals surface area contributed by atoms with Crippen molar-refractivity contribution in [3.8, 4) is 0 Å². The Balaban J connectivity index is 3.58. The Morgan fingerprint density at radius 1 is 1.00 bits per heavy atom. The SMILES string of the molecule is CCC(CO)SC(CC)CO. The first-order valence-electron chi connectivity index (χ1n) is 4.15. The van der Waals surface area contributed by atoms with Crippen LogP contribution in [0.3, 0.4) is 0 Å². The molecule has 68 valence electrons. The molecule has 0 aliphatic rings. The molecule has 0 amide bonds. The Hall–Kier alpha value is 0.270. The van der Waals surface area contributed by atoms with Crippen LogP contribution in [0.5, 0.6) is 0 Å². The largest absolute Gasteiger partial charge is 0.395 e. The molecule has 2 nitrogen and oxygen atoms in total. The van der Waals surface area contributed by atoms with E-state index in [0.717, 1.165) is 12.8 Å². The van der Waals surface area contributed by atoms with Crippen LogP contribution in [-0.4, -0.2) is 33.9 Å². The third-order valence-corrected chi connectivity index (χ3v) is 3.44. The highest BCUT2D eigenvalue weighted by molar-refractivity contribution is 8.00. The second-order valence-electron chi connectivity index (χ2n) is 2.56. The molecule has 0 fully saturated rings. The fraction of sp³-hybridized carbons (Fsp3) is 1.00. The van der Waals surface area contributed by atoms with Gasteiger partial charge in [-0.25, -0.2) is 0 Å². The Kier molecular flexibility index (Phi) is 7.12. The molecule has 2 N–H and O–H groups in total. The van der Waals surface area contributed by atoms with Gasteiger partial charge in [0.15, 0.2) is 0 Å². The van der Waals surface area contributed by atoms with Crippen LogP contribution in [0.4, 0.5) is 0 Å². The Bertz CT molecular complexity index is 70.2. The van der Waals surface area contributed by atoms with Gasteiger partial charge in [0, 0.05) is 10.5 Å². The molecule has 3 heteroatoms. The summed E-state index contributed by atoms with van der Waals surface area (Å²) in [5.74, 6) is 0. The van der Waals surface area contributed by atoms with Crippen LogP contribution in [-0.2, 0) is 0 Å². The molecule has 0 spiro atoms. The maximum absolute atomic E-state index is 8.86. The predicted molar refractivity (Wildman–Crippen MR) is 49.9 cm³/mol. The number of hydrogen-bond acceptors (Lipinski definition) is 3. The topological polar surface area (TPSA) is 40.5 Å². The van der Waals surface area contributed by atoms with E-state index in [9.17, 15) is 0 Å². The van der Waals surface area contributed by atoms with Gasteiger partial charge in [-0.1, -0.05) is 13.8 Å². The van der Waals surface area contributed by atoms with Gasteiger partial charge < -0.3 is 10.2 Å². The Morgan fingerprint density at radius 3 is 1.55 bits per heavy atom. The van der Waals surface area contributed by atoms with E-state index < -0.39 is 0 Å². The lowest BCUT2D eigenvalue weighted by atomic mass is 10.3. The lowest BCUT2D eigenvalue weighted by Crippen LogP contribution is -2.16. The molecule has 0 heterocycles. The third-order valence-electron chi connectivity index (χ3n) is 1.70. The number of hydrogen-bond donors (Lipinski definition) is 2. The van der Waals surface area contributed by atoms with Crippen molar-refractivity contribution in [2.24, 2.45) is 0 Å². The van der Waals surface area contributed by atoms with Gasteiger partial charge in [-0.15, -0.1) is 0 Å². The molecular weight excluding hydrogens is 160 g/mol. The first kappa shape index (κ1) is 11.3. The summed E-state index contributed by atoms with van der Waals surface area (Å²) in [6.45, 7) is 4.55.